The lowest BCUT2D eigenvalue weighted by molar-refractivity contribution is 0.578. The number of nitrogens with zero attached hydrogens (tertiary/aromatic N) is 1. The second-order valence-corrected chi connectivity index (χ2v) is 7.03. The molecule has 29 heavy (non-hydrogen) atoms. The molecule has 0 aliphatic heterocycles. The summed E-state index contributed by atoms with van der Waals surface area (Å²) < 4.78 is 43.7. The zero-order valence-corrected chi connectivity index (χ0v) is 15.7. The number of benzene rings is 2. The highest BCUT2D eigenvalue weighted by atomic mass is 32.2. The van der Waals surface area contributed by atoms with Gasteiger partial charge in [0.1, 0.15) is 28.7 Å². The van der Waals surface area contributed by atoms with Gasteiger partial charge in [0.25, 0.3) is 0 Å². The summed E-state index contributed by atoms with van der Waals surface area (Å²) in [4.78, 5) is 4.26. The molecule has 0 fully saturated rings. The largest absolute Gasteiger partial charge is 0.588 e. The van der Waals surface area contributed by atoms with E-state index in [1.54, 1.807) is 12.1 Å². The molecule has 2 aromatic carbocycles. The molecule has 1 atom stereocenters. The van der Waals surface area contributed by atoms with E-state index in [1.165, 1.54) is 24.4 Å². The van der Waals surface area contributed by atoms with Crippen LogP contribution in [0.3, 0.4) is 0 Å². The Labute approximate surface area is 168 Å². The molecular weight excluding hydrogens is 396 g/mol. The molecule has 0 saturated heterocycles. The van der Waals surface area contributed by atoms with E-state index < -0.39 is 28.6 Å². The maximum absolute atomic E-state index is 14.8. The monoisotopic (exact) mass is 411 g/mol. The molecule has 146 valence electrons. The Hall–Kier alpha value is -3.61. The van der Waals surface area contributed by atoms with E-state index in [2.05, 4.69) is 21.5 Å². The van der Waals surface area contributed by atoms with Gasteiger partial charge >= 0.3 is 0 Å². The number of halogens is 2. The number of hydrogen-bond acceptors (Lipinski definition) is 6. The van der Waals surface area contributed by atoms with Crippen molar-refractivity contribution >= 4 is 34.8 Å². The van der Waals surface area contributed by atoms with Crippen molar-refractivity contribution in [3.05, 3.63) is 77.0 Å². The van der Waals surface area contributed by atoms with Gasteiger partial charge in [-0.25, -0.2) is 18.5 Å². The van der Waals surface area contributed by atoms with Gasteiger partial charge in [0.15, 0.2) is 10.7 Å². The van der Waals surface area contributed by atoms with Gasteiger partial charge in [0.2, 0.25) is 0 Å². The number of nitrogen functional groups attached to an aromatic ring is 2. The van der Waals surface area contributed by atoms with Gasteiger partial charge < -0.3 is 21.4 Å². The van der Waals surface area contributed by atoms with Crippen molar-refractivity contribution in [3.8, 4) is 11.8 Å². The fourth-order valence-electron chi connectivity index (χ4n) is 2.31. The number of hydrogen-bond donors (Lipinski definition) is 4. The Bertz CT molecular complexity index is 1130. The molecule has 3 rings (SSSR count). The van der Waals surface area contributed by atoms with Gasteiger partial charge in [-0.15, -0.1) is 0 Å². The van der Waals surface area contributed by atoms with Crippen LogP contribution in [0.25, 0.3) is 0 Å². The third-order valence-electron chi connectivity index (χ3n) is 3.82. The van der Waals surface area contributed by atoms with Gasteiger partial charge in [-0.05, 0) is 42.5 Å². The number of nitrogens with one attached hydrogen (secondary N) is 2. The SMILES string of the molecule is N=Cc1cc(C#Cc2c(F)ccc(N[S+]([O-])c3ccc(N)cc3)c2F)cnc1N. The maximum Gasteiger partial charge on any atom is 0.180 e. The van der Waals surface area contributed by atoms with Gasteiger partial charge in [0.05, 0.1) is 5.56 Å². The third kappa shape index (κ3) is 4.63. The van der Waals surface area contributed by atoms with Gasteiger partial charge in [-0.2, -0.15) is 0 Å². The summed E-state index contributed by atoms with van der Waals surface area (Å²) in [5.74, 6) is 3.32. The maximum atomic E-state index is 14.8. The zero-order valence-electron chi connectivity index (χ0n) is 14.9. The average molecular weight is 411 g/mol. The van der Waals surface area contributed by atoms with Crippen molar-refractivity contribution in [2.24, 2.45) is 0 Å². The molecule has 1 aromatic heterocycles. The summed E-state index contributed by atoms with van der Waals surface area (Å²) in [5, 5.41) is 7.26. The Morgan fingerprint density at radius 3 is 2.52 bits per heavy atom. The second-order valence-electron chi connectivity index (χ2n) is 5.82. The van der Waals surface area contributed by atoms with Crippen molar-refractivity contribution in [3.63, 3.8) is 0 Å². The predicted octanol–water partition coefficient (Wildman–Crippen LogP) is 3.06. The van der Waals surface area contributed by atoms with Gasteiger partial charge in [0, 0.05) is 29.2 Å². The Morgan fingerprint density at radius 1 is 1.10 bits per heavy atom. The van der Waals surface area contributed by atoms with Crippen LogP contribution >= 0.6 is 0 Å². The summed E-state index contributed by atoms with van der Waals surface area (Å²) >= 11 is -1.78. The van der Waals surface area contributed by atoms with Crippen LogP contribution in [-0.4, -0.2) is 15.8 Å². The molecule has 9 heteroatoms. The molecule has 6 nitrogen and oxygen atoms in total. The minimum absolute atomic E-state index is 0.152. The van der Waals surface area contributed by atoms with Crippen molar-refractivity contribution in [1.82, 2.24) is 4.98 Å². The topological polar surface area (TPSA) is 124 Å². The zero-order chi connectivity index (χ0) is 21.0. The van der Waals surface area contributed by atoms with E-state index in [1.807, 2.05) is 0 Å². The van der Waals surface area contributed by atoms with E-state index in [4.69, 9.17) is 16.9 Å². The molecule has 0 bridgehead atoms. The summed E-state index contributed by atoms with van der Waals surface area (Å²) in [5.41, 5.74) is 11.7. The average Bonchev–Trinajstić information content (AvgIpc) is 2.71. The van der Waals surface area contributed by atoms with Crippen LogP contribution in [0.15, 0.2) is 53.6 Å². The van der Waals surface area contributed by atoms with Gasteiger partial charge in [-0.1, -0.05) is 11.8 Å². The van der Waals surface area contributed by atoms with Crippen molar-refractivity contribution in [2.75, 3.05) is 16.2 Å². The summed E-state index contributed by atoms with van der Waals surface area (Å²) in [6.45, 7) is 0. The van der Waals surface area contributed by atoms with E-state index in [0.29, 0.717) is 21.7 Å². The van der Waals surface area contributed by atoms with Crippen LogP contribution in [0.1, 0.15) is 16.7 Å². The number of aromatic nitrogens is 1. The van der Waals surface area contributed by atoms with Crippen molar-refractivity contribution in [1.29, 1.82) is 5.41 Å². The number of anilines is 3. The predicted molar refractivity (Wildman–Crippen MR) is 110 cm³/mol. The van der Waals surface area contributed by atoms with E-state index >= 15 is 0 Å². The Kier molecular flexibility index (Phi) is 5.97. The Balaban J connectivity index is 1.90. The molecule has 1 unspecified atom stereocenters. The summed E-state index contributed by atoms with van der Waals surface area (Å²) in [6.07, 6.45) is 2.34. The summed E-state index contributed by atoms with van der Waals surface area (Å²) in [7, 11) is 0. The second kappa shape index (κ2) is 8.60. The molecule has 0 aliphatic carbocycles. The van der Waals surface area contributed by atoms with E-state index in [-0.39, 0.29) is 11.5 Å². The molecule has 1 heterocycles. The van der Waals surface area contributed by atoms with Crippen molar-refractivity contribution in [2.45, 2.75) is 4.90 Å². The first-order valence-corrected chi connectivity index (χ1v) is 9.34. The molecule has 0 amide bonds. The van der Waals surface area contributed by atoms with Gasteiger partial charge in [-0.3, -0.25) is 0 Å². The van der Waals surface area contributed by atoms with Crippen LogP contribution in [0.5, 0.6) is 0 Å². The molecule has 6 N–H and O–H groups in total. The first kappa shape index (κ1) is 20.1. The molecule has 0 spiro atoms. The smallest absolute Gasteiger partial charge is 0.180 e. The standard InChI is InChI=1S/C20H15F2N5OS/c21-17-7-8-18(27-29(28)15-4-2-14(24)3-5-15)19(22)16(17)6-1-12-9-13(10-23)20(25)26-11-12/h2-5,7-11,23,27H,24H2,(H2,25,26). The highest BCUT2D eigenvalue weighted by molar-refractivity contribution is 7.92. The van der Waals surface area contributed by atoms with Crippen LogP contribution in [-0.2, 0) is 11.4 Å². The highest BCUT2D eigenvalue weighted by Gasteiger charge is 2.18. The summed E-state index contributed by atoms with van der Waals surface area (Å²) in [6, 6.07) is 9.86. The third-order valence-corrected chi connectivity index (χ3v) is 4.93. The fourth-order valence-corrected chi connectivity index (χ4v) is 3.17. The lowest BCUT2D eigenvalue weighted by Crippen LogP contribution is -2.14. The van der Waals surface area contributed by atoms with Crippen LogP contribution < -0.4 is 16.2 Å². The first-order valence-electron chi connectivity index (χ1n) is 8.19. The lowest BCUT2D eigenvalue weighted by Gasteiger charge is -2.13. The normalized spacial score (nSPS) is 11.3. The van der Waals surface area contributed by atoms with E-state index in [9.17, 15) is 13.3 Å². The number of nitrogens with two attached hydrogens (primary N) is 2. The Morgan fingerprint density at radius 2 is 1.83 bits per heavy atom. The molecule has 0 aliphatic rings. The first-order chi connectivity index (χ1) is 13.9. The highest BCUT2D eigenvalue weighted by Crippen LogP contribution is 2.24. The molecule has 3 aromatic rings. The number of pyridine rings is 1. The van der Waals surface area contributed by atoms with Crippen LogP contribution in [0.4, 0.5) is 26.0 Å². The molecule has 0 saturated carbocycles. The molecular formula is C20H15F2N5OS. The minimum Gasteiger partial charge on any atom is -0.588 e. The molecule has 0 radical (unpaired) electrons. The fraction of sp³-hybridized carbons (Fsp3) is 0. The van der Waals surface area contributed by atoms with Crippen LogP contribution in [0.2, 0.25) is 0 Å². The quantitative estimate of drug-likeness (QED) is 0.227. The van der Waals surface area contributed by atoms with Crippen molar-refractivity contribution < 1.29 is 13.3 Å². The van der Waals surface area contributed by atoms with Crippen LogP contribution in [0, 0.1) is 28.9 Å². The number of rotatable bonds is 4. The van der Waals surface area contributed by atoms with E-state index in [0.717, 1.165) is 18.3 Å². The minimum atomic E-state index is -1.78. The lowest BCUT2D eigenvalue weighted by atomic mass is 10.1.